The number of methoxy groups -OCH3 is 1. The summed E-state index contributed by atoms with van der Waals surface area (Å²) in [6.45, 7) is 4.06. The molecule has 136 valence electrons. The molecule has 0 fully saturated rings. The molecular formula is C19H21N3O3S. The fourth-order valence-electron chi connectivity index (χ4n) is 2.41. The van der Waals surface area contributed by atoms with Gasteiger partial charge >= 0.3 is 5.97 Å². The van der Waals surface area contributed by atoms with Crippen molar-refractivity contribution < 1.29 is 14.3 Å². The highest BCUT2D eigenvalue weighted by Crippen LogP contribution is 2.20. The van der Waals surface area contributed by atoms with E-state index in [0.717, 1.165) is 23.2 Å². The first kappa shape index (κ1) is 19.4. The van der Waals surface area contributed by atoms with E-state index in [4.69, 9.17) is 12.2 Å². The highest BCUT2D eigenvalue weighted by Gasteiger charge is 2.10. The maximum absolute atomic E-state index is 12.2. The summed E-state index contributed by atoms with van der Waals surface area (Å²) < 4.78 is 4.62. The molecule has 6 nitrogen and oxygen atoms in total. The van der Waals surface area contributed by atoms with Crippen molar-refractivity contribution in [3.63, 3.8) is 0 Å². The van der Waals surface area contributed by atoms with Crippen LogP contribution in [0.25, 0.3) is 0 Å². The number of hydrazine groups is 1. The van der Waals surface area contributed by atoms with Gasteiger partial charge in [-0.1, -0.05) is 25.1 Å². The van der Waals surface area contributed by atoms with E-state index in [1.54, 1.807) is 0 Å². The lowest BCUT2D eigenvalue weighted by Crippen LogP contribution is -2.44. The van der Waals surface area contributed by atoms with Crippen LogP contribution in [0.4, 0.5) is 5.69 Å². The van der Waals surface area contributed by atoms with Crippen LogP contribution in [-0.4, -0.2) is 24.1 Å². The zero-order valence-electron chi connectivity index (χ0n) is 14.9. The molecule has 2 rings (SSSR count). The maximum Gasteiger partial charge on any atom is 0.337 e. The Balaban J connectivity index is 1.95. The molecule has 1 amide bonds. The van der Waals surface area contributed by atoms with Crippen molar-refractivity contribution in [2.24, 2.45) is 0 Å². The first-order valence-electron chi connectivity index (χ1n) is 8.10. The smallest absolute Gasteiger partial charge is 0.337 e. The molecule has 0 spiro atoms. The number of aryl methyl sites for hydroxylation is 2. The van der Waals surface area contributed by atoms with E-state index < -0.39 is 5.97 Å². The van der Waals surface area contributed by atoms with E-state index in [0.29, 0.717) is 11.1 Å². The molecule has 2 aromatic carbocycles. The number of hydrogen-bond donors (Lipinski definition) is 3. The summed E-state index contributed by atoms with van der Waals surface area (Å²) in [5.74, 6) is -0.823. The van der Waals surface area contributed by atoms with E-state index in [2.05, 4.69) is 27.8 Å². The number of carbonyl (C=O) groups is 2. The van der Waals surface area contributed by atoms with Crippen LogP contribution in [0.1, 0.15) is 38.8 Å². The second kappa shape index (κ2) is 8.96. The summed E-state index contributed by atoms with van der Waals surface area (Å²) in [7, 11) is 1.30. The zero-order chi connectivity index (χ0) is 19.1. The molecule has 0 bridgehead atoms. The summed E-state index contributed by atoms with van der Waals surface area (Å²) in [4.78, 5) is 23.6. The molecule has 0 heterocycles. The zero-order valence-corrected chi connectivity index (χ0v) is 15.7. The van der Waals surface area contributed by atoms with Crippen LogP contribution >= 0.6 is 12.2 Å². The van der Waals surface area contributed by atoms with Crippen LogP contribution in [0.5, 0.6) is 0 Å². The first-order valence-corrected chi connectivity index (χ1v) is 8.51. The first-order chi connectivity index (χ1) is 12.5. The molecule has 0 aliphatic heterocycles. The SMILES string of the molecule is CCc1cccc(C)c1NC(=S)NNC(=O)c1ccc(C(=O)OC)cc1. The monoisotopic (exact) mass is 371 g/mol. The number of anilines is 1. The van der Waals surface area contributed by atoms with Crippen molar-refractivity contribution >= 4 is 34.9 Å². The molecule has 3 N–H and O–H groups in total. The molecule has 0 aromatic heterocycles. The van der Waals surface area contributed by atoms with Gasteiger partial charge in [-0.3, -0.25) is 15.6 Å². The quantitative estimate of drug-likeness (QED) is 0.436. The van der Waals surface area contributed by atoms with Gasteiger partial charge in [-0.2, -0.15) is 0 Å². The largest absolute Gasteiger partial charge is 0.465 e. The van der Waals surface area contributed by atoms with Gasteiger partial charge in [-0.15, -0.1) is 0 Å². The van der Waals surface area contributed by atoms with Crippen LogP contribution in [0.3, 0.4) is 0 Å². The summed E-state index contributed by atoms with van der Waals surface area (Å²) in [6.07, 6.45) is 0.867. The van der Waals surface area contributed by atoms with Crippen LogP contribution in [0.2, 0.25) is 0 Å². The minimum absolute atomic E-state index is 0.286. The third kappa shape index (κ3) is 4.80. The average molecular weight is 371 g/mol. The van der Waals surface area contributed by atoms with E-state index in [1.807, 2.05) is 25.1 Å². The topological polar surface area (TPSA) is 79.5 Å². The van der Waals surface area contributed by atoms with Gasteiger partial charge in [-0.05, 0) is 61.0 Å². The highest BCUT2D eigenvalue weighted by atomic mass is 32.1. The average Bonchev–Trinajstić information content (AvgIpc) is 2.67. The van der Waals surface area contributed by atoms with Crippen molar-refractivity contribution in [2.75, 3.05) is 12.4 Å². The van der Waals surface area contributed by atoms with Gasteiger partial charge in [0.05, 0.1) is 12.7 Å². The van der Waals surface area contributed by atoms with Gasteiger partial charge in [0.2, 0.25) is 0 Å². The molecule has 2 aromatic rings. The normalized spacial score (nSPS) is 9.96. The van der Waals surface area contributed by atoms with E-state index in [-0.39, 0.29) is 11.0 Å². The van der Waals surface area contributed by atoms with E-state index >= 15 is 0 Å². The molecule has 0 atom stereocenters. The molecule has 0 aliphatic rings. The number of rotatable bonds is 4. The summed E-state index contributed by atoms with van der Waals surface area (Å²) in [5.41, 5.74) is 9.12. The lowest BCUT2D eigenvalue weighted by Gasteiger charge is -2.16. The van der Waals surface area contributed by atoms with Crippen molar-refractivity contribution in [1.29, 1.82) is 0 Å². The lowest BCUT2D eigenvalue weighted by atomic mass is 10.1. The number of thiocarbonyl (C=S) groups is 1. The predicted octanol–water partition coefficient (Wildman–Crippen LogP) is 2.98. The Hall–Kier alpha value is -2.93. The number of hydrogen-bond acceptors (Lipinski definition) is 4. The number of esters is 1. The molecule has 7 heteroatoms. The molecular weight excluding hydrogens is 350 g/mol. The third-order valence-electron chi connectivity index (χ3n) is 3.84. The number of benzene rings is 2. The third-order valence-corrected chi connectivity index (χ3v) is 4.04. The Kier molecular flexibility index (Phi) is 6.68. The fraction of sp³-hybridized carbons (Fsp3) is 0.211. The molecule has 0 aliphatic carbocycles. The van der Waals surface area contributed by atoms with Crippen molar-refractivity contribution in [3.05, 3.63) is 64.7 Å². The minimum Gasteiger partial charge on any atom is -0.465 e. The summed E-state index contributed by atoms with van der Waals surface area (Å²) >= 11 is 5.24. The fourth-order valence-corrected chi connectivity index (χ4v) is 2.56. The Labute approximate surface area is 157 Å². The second-order valence-corrected chi connectivity index (χ2v) is 5.97. The number of carbonyl (C=O) groups excluding carboxylic acids is 2. The second-order valence-electron chi connectivity index (χ2n) is 5.56. The lowest BCUT2D eigenvalue weighted by molar-refractivity contribution is 0.0600. The van der Waals surface area contributed by atoms with Gasteiger partial charge < -0.3 is 10.1 Å². The molecule has 0 unspecified atom stereocenters. The summed E-state index contributed by atoms with van der Waals surface area (Å²) in [5, 5.41) is 3.40. The standard InChI is InChI=1S/C19H21N3O3S/c1-4-13-7-5-6-12(2)16(13)20-19(26)22-21-17(23)14-8-10-15(11-9-14)18(24)25-3/h5-11H,4H2,1-3H3,(H,21,23)(H2,20,22,26). The number of nitrogens with one attached hydrogen (secondary N) is 3. The van der Waals surface area contributed by atoms with Crippen molar-refractivity contribution in [1.82, 2.24) is 10.9 Å². The highest BCUT2D eigenvalue weighted by molar-refractivity contribution is 7.80. The number of amides is 1. The van der Waals surface area contributed by atoms with Gasteiger partial charge in [0, 0.05) is 11.3 Å². The van der Waals surface area contributed by atoms with Crippen LogP contribution in [-0.2, 0) is 11.2 Å². The summed E-state index contributed by atoms with van der Waals surface area (Å²) in [6, 6.07) is 12.1. The van der Waals surface area contributed by atoms with E-state index in [9.17, 15) is 9.59 Å². The Bertz CT molecular complexity index is 819. The predicted molar refractivity (Wildman–Crippen MR) is 105 cm³/mol. The van der Waals surface area contributed by atoms with Crippen molar-refractivity contribution in [3.8, 4) is 0 Å². The van der Waals surface area contributed by atoms with E-state index in [1.165, 1.54) is 31.4 Å². The molecule has 26 heavy (non-hydrogen) atoms. The van der Waals surface area contributed by atoms with Gasteiger partial charge in [0.25, 0.3) is 5.91 Å². The Morgan fingerprint density at radius 2 is 1.69 bits per heavy atom. The van der Waals surface area contributed by atoms with Crippen molar-refractivity contribution in [2.45, 2.75) is 20.3 Å². The van der Waals surface area contributed by atoms with Gasteiger partial charge in [0.1, 0.15) is 0 Å². The maximum atomic E-state index is 12.2. The van der Waals surface area contributed by atoms with Crippen LogP contribution < -0.4 is 16.2 Å². The Morgan fingerprint density at radius 1 is 1.04 bits per heavy atom. The Morgan fingerprint density at radius 3 is 2.31 bits per heavy atom. The van der Waals surface area contributed by atoms with Crippen LogP contribution in [0.15, 0.2) is 42.5 Å². The van der Waals surface area contributed by atoms with Gasteiger partial charge in [-0.25, -0.2) is 4.79 Å². The van der Waals surface area contributed by atoms with Gasteiger partial charge in [0.15, 0.2) is 5.11 Å². The molecule has 0 saturated heterocycles. The molecule has 0 saturated carbocycles. The van der Waals surface area contributed by atoms with Crippen LogP contribution in [0, 0.1) is 6.92 Å². The molecule has 0 radical (unpaired) electrons. The number of para-hydroxylation sites is 1. The minimum atomic E-state index is -0.453. The number of ether oxygens (including phenoxy) is 1.